The number of phenolic OH excluding ortho intramolecular Hbond substituents is 5. The largest absolute Gasteiger partial charge is 0.504 e. The van der Waals surface area contributed by atoms with Crippen LogP contribution in [0, 0.1) is 6.92 Å². The molecule has 208 valence electrons. The summed E-state index contributed by atoms with van der Waals surface area (Å²) < 4.78 is 10.3. The predicted octanol–water partition coefficient (Wildman–Crippen LogP) is 3.89. The van der Waals surface area contributed by atoms with Gasteiger partial charge < -0.3 is 45.0 Å². The Bertz CT molecular complexity index is 1560. The van der Waals surface area contributed by atoms with E-state index in [9.17, 15) is 40.2 Å². The minimum atomic E-state index is -2.80. The second kappa shape index (κ2) is 10.4. The van der Waals surface area contributed by atoms with Crippen LogP contribution in [0.15, 0.2) is 53.1 Å². The molecule has 0 fully saturated rings. The number of aromatic nitrogens is 1. The maximum atomic E-state index is 12.7. The van der Waals surface area contributed by atoms with E-state index in [4.69, 9.17) is 14.4 Å². The van der Waals surface area contributed by atoms with Gasteiger partial charge in [0.1, 0.15) is 16.9 Å². The first-order valence-electron chi connectivity index (χ1n) is 11.6. The molecule has 40 heavy (non-hydrogen) atoms. The van der Waals surface area contributed by atoms with Crippen molar-refractivity contribution in [3.8, 4) is 51.2 Å². The first-order valence-corrected chi connectivity index (χ1v) is 11.6. The maximum absolute atomic E-state index is 12.7. The summed E-state index contributed by atoms with van der Waals surface area (Å²) in [7, 11) is 0. The van der Waals surface area contributed by atoms with Crippen LogP contribution in [0.3, 0.4) is 0 Å². The molecule has 0 saturated heterocycles. The van der Waals surface area contributed by atoms with Crippen LogP contribution < -0.4 is 5.32 Å². The van der Waals surface area contributed by atoms with Gasteiger partial charge in [-0.3, -0.25) is 10.1 Å². The highest BCUT2D eigenvalue weighted by Gasteiger charge is 2.39. The van der Waals surface area contributed by atoms with Crippen LogP contribution in [0.5, 0.6) is 28.7 Å². The number of nitrogens with zero attached hydrogens (tertiary/aromatic N) is 1. The van der Waals surface area contributed by atoms with E-state index in [2.05, 4.69) is 10.5 Å². The number of carboxylic acids is 1. The number of carbonyl (C=O) groups is 2. The van der Waals surface area contributed by atoms with Gasteiger partial charge >= 0.3 is 12.1 Å². The Labute approximate surface area is 225 Å². The van der Waals surface area contributed by atoms with Gasteiger partial charge in [-0.2, -0.15) is 0 Å². The number of hydrogen-bond acceptors (Lipinski definition) is 11. The molecule has 4 aromatic rings. The molecule has 0 radical (unpaired) electrons. The van der Waals surface area contributed by atoms with Gasteiger partial charge in [-0.1, -0.05) is 53.7 Å². The summed E-state index contributed by atoms with van der Waals surface area (Å²) in [6, 6.07) is 14.0. The number of anilines is 1. The quantitative estimate of drug-likeness (QED) is 0.0929. The third kappa shape index (κ3) is 5.26. The van der Waals surface area contributed by atoms with Gasteiger partial charge in [-0.05, 0) is 23.6 Å². The summed E-state index contributed by atoms with van der Waals surface area (Å²) in [6.45, 7) is 2.37. The van der Waals surface area contributed by atoms with Crippen LogP contribution in [0.4, 0.5) is 10.5 Å². The number of hydrogen-bond donors (Lipinski definition) is 8. The highest BCUT2D eigenvalue weighted by molar-refractivity contribution is 5.91. The molecule has 0 aliphatic rings. The van der Waals surface area contributed by atoms with Gasteiger partial charge in [-0.25, -0.2) is 4.79 Å². The Hall–Kier alpha value is -5.43. The monoisotopic (exact) mass is 552 g/mol. The summed E-state index contributed by atoms with van der Waals surface area (Å²) in [4.78, 5) is 23.6. The summed E-state index contributed by atoms with van der Waals surface area (Å²) in [6.07, 6.45) is -1.37. The number of phenols is 5. The predicted molar refractivity (Wildman–Crippen MR) is 138 cm³/mol. The smallest absolute Gasteiger partial charge is 0.414 e. The second-order valence-electron chi connectivity index (χ2n) is 8.93. The van der Waals surface area contributed by atoms with E-state index in [1.165, 1.54) is 6.92 Å². The number of aliphatic hydroxyl groups is 1. The van der Waals surface area contributed by atoms with Crippen LogP contribution in [0.2, 0.25) is 0 Å². The topological polar surface area (TPSA) is 223 Å². The lowest BCUT2D eigenvalue weighted by atomic mass is 10.0. The van der Waals surface area contributed by atoms with E-state index in [0.717, 1.165) is 18.1 Å². The molecule has 1 amide bonds. The third-order valence-corrected chi connectivity index (χ3v) is 6.01. The van der Waals surface area contributed by atoms with Crippen molar-refractivity contribution in [3.63, 3.8) is 0 Å². The number of carboxylic acid groups (broad SMARTS) is 1. The van der Waals surface area contributed by atoms with Crippen LogP contribution in [-0.2, 0) is 21.7 Å². The molecule has 3 aromatic carbocycles. The molecule has 1 aromatic heterocycles. The Morgan fingerprint density at radius 1 is 0.850 bits per heavy atom. The van der Waals surface area contributed by atoms with Gasteiger partial charge in [0.25, 0.3) is 0 Å². The molecule has 0 aliphatic heterocycles. The lowest BCUT2D eigenvalue weighted by Gasteiger charge is -2.26. The standard InChI is InChI=1S/C27H24N2O11/c1-12-19(28-26(37)39-27(2,38)18-20(32)22(34)24(36)23(35)21(18)33)25(40-29-12)16-9-7-15(8-10-16)14-5-3-13(4-6-14)11-17(30)31/h3-10,32-36,38H,11H2,1-2H3,(H,28,37)(H,30,31). The first-order chi connectivity index (χ1) is 18.8. The molecular formula is C27H24N2O11. The van der Waals surface area contributed by atoms with E-state index in [1.807, 2.05) is 0 Å². The third-order valence-electron chi connectivity index (χ3n) is 6.01. The van der Waals surface area contributed by atoms with Crippen LogP contribution in [0.25, 0.3) is 22.5 Å². The van der Waals surface area contributed by atoms with Gasteiger partial charge in [-0.15, -0.1) is 0 Å². The Balaban J connectivity index is 1.55. The number of benzene rings is 3. The first kappa shape index (κ1) is 27.6. The van der Waals surface area contributed by atoms with E-state index < -0.39 is 52.2 Å². The molecule has 13 nitrogen and oxygen atoms in total. The number of ether oxygens (including phenoxy) is 1. The second-order valence-corrected chi connectivity index (χ2v) is 8.93. The fourth-order valence-corrected chi connectivity index (χ4v) is 4.00. The van der Waals surface area contributed by atoms with Crippen LogP contribution >= 0.6 is 0 Å². The van der Waals surface area contributed by atoms with Gasteiger partial charge in [0.2, 0.25) is 23.0 Å². The summed E-state index contributed by atoms with van der Waals surface area (Å²) >= 11 is 0. The molecule has 4 rings (SSSR count). The van der Waals surface area contributed by atoms with E-state index in [-0.39, 0.29) is 23.6 Å². The number of amides is 1. The highest BCUT2D eigenvalue weighted by atomic mass is 16.7. The van der Waals surface area contributed by atoms with Crippen molar-refractivity contribution in [3.05, 3.63) is 65.4 Å². The fourth-order valence-electron chi connectivity index (χ4n) is 4.00. The van der Waals surface area contributed by atoms with Gasteiger partial charge in [0.15, 0.2) is 17.3 Å². The summed E-state index contributed by atoms with van der Waals surface area (Å²) in [5, 5.41) is 75.0. The number of rotatable bonds is 7. The molecule has 1 unspecified atom stereocenters. The summed E-state index contributed by atoms with van der Waals surface area (Å²) in [5.41, 5.74) is 2.19. The van der Waals surface area contributed by atoms with E-state index in [1.54, 1.807) is 48.5 Å². The normalized spacial score (nSPS) is 12.5. The molecular weight excluding hydrogens is 528 g/mol. The van der Waals surface area contributed by atoms with Crippen molar-refractivity contribution in [2.45, 2.75) is 26.1 Å². The van der Waals surface area contributed by atoms with Crippen molar-refractivity contribution in [1.29, 1.82) is 0 Å². The SMILES string of the molecule is Cc1noc(-c2ccc(-c3ccc(CC(=O)O)cc3)cc2)c1NC(=O)OC(C)(O)c1c(O)c(O)c(O)c(O)c1O. The highest BCUT2D eigenvalue weighted by Crippen LogP contribution is 2.54. The number of aromatic hydroxyl groups is 5. The zero-order valence-corrected chi connectivity index (χ0v) is 21.0. The van der Waals surface area contributed by atoms with Crippen molar-refractivity contribution < 1.29 is 54.6 Å². The molecule has 1 atom stereocenters. The van der Waals surface area contributed by atoms with Crippen molar-refractivity contribution in [1.82, 2.24) is 5.16 Å². The molecule has 0 spiro atoms. The molecule has 1 heterocycles. The Morgan fingerprint density at radius 3 is 1.85 bits per heavy atom. The van der Waals surface area contributed by atoms with Gasteiger partial charge in [0, 0.05) is 12.5 Å². The molecule has 0 saturated carbocycles. The fraction of sp³-hybridized carbons (Fsp3) is 0.148. The Kier molecular flexibility index (Phi) is 7.16. The minimum absolute atomic E-state index is 0.0800. The average Bonchev–Trinajstić information content (AvgIpc) is 3.25. The minimum Gasteiger partial charge on any atom is -0.504 e. The van der Waals surface area contributed by atoms with Gasteiger partial charge in [0.05, 0.1) is 6.42 Å². The number of aliphatic carboxylic acids is 1. The lowest BCUT2D eigenvalue weighted by Crippen LogP contribution is -2.31. The molecule has 0 bridgehead atoms. The Morgan fingerprint density at radius 2 is 1.32 bits per heavy atom. The number of carbonyl (C=O) groups excluding carboxylic acids is 1. The number of aryl methyl sites for hydroxylation is 1. The molecule has 0 aliphatic carbocycles. The van der Waals surface area contributed by atoms with E-state index in [0.29, 0.717) is 11.1 Å². The van der Waals surface area contributed by atoms with Crippen molar-refractivity contribution in [2.75, 3.05) is 5.32 Å². The zero-order valence-electron chi connectivity index (χ0n) is 21.0. The number of nitrogens with one attached hydrogen (secondary N) is 1. The summed E-state index contributed by atoms with van der Waals surface area (Å²) in [5.74, 6) is -9.81. The lowest BCUT2D eigenvalue weighted by molar-refractivity contribution is -0.153. The van der Waals surface area contributed by atoms with Crippen molar-refractivity contribution in [2.24, 2.45) is 0 Å². The zero-order chi connectivity index (χ0) is 29.4. The van der Waals surface area contributed by atoms with Crippen LogP contribution in [-0.4, -0.2) is 53.0 Å². The molecule has 13 heteroatoms. The molecule has 8 N–H and O–H groups in total. The van der Waals surface area contributed by atoms with Crippen molar-refractivity contribution >= 4 is 17.7 Å². The average molecular weight is 552 g/mol. The van der Waals surface area contributed by atoms with E-state index >= 15 is 0 Å². The maximum Gasteiger partial charge on any atom is 0.414 e. The van der Waals surface area contributed by atoms with Crippen LogP contribution in [0.1, 0.15) is 23.7 Å².